The molecule has 2 N–H and O–H groups in total. The van der Waals surface area contributed by atoms with Crippen LogP contribution in [-0.4, -0.2) is 38.7 Å². The number of nitrogens with one attached hydrogen (secondary N) is 1. The summed E-state index contributed by atoms with van der Waals surface area (Å²) < 4.78 is 32.1. The van der Waals surface area contributed by atoms with Crippen molar-refractivity contribution < 1.29 is 23.1 Å². The largest absolute Gasteiger partial charge is 0.478 e. The number of ether oxygens (including phenoxy) is 1. The molecule has 1 atom stereocenters. The van der Waals surface area contributed by atoms with Gasteiger partial charge in [-0.25, -0.2) is 17.9 Å². The number of hydrogen-bond donors (Lipinski definition) is 2. The van der Waals surface area contributed by atoms with E-state index in [-0.39, 0.29) is 21.5 Å². The predicted octanol–water partition coefficient (Wildman–Crippen LogP) is 1.50. The fourth-order valence-electron chi connectivity index (χ4n) is 1.96. The van der Waals surface area contributed by atoms with E-state index in [1.165, 1.54) is 12.1 Å². The highest BCUT2D eigenvalue weighted by Gasteiger charge is 2.23. The molecule has 0 amide bonds. The third-order valence-electron chi connectivity index (χ3n) is 2.96. The lowest BCUT2D eigenvalue weighted by Crippen LogP contribution is -2.40. The molecule has 110 valence electrons. The number of carboxylic acids is 1. The molecule has 8 heteroatoms. The first-order chi connectivity index (χ1) is 9.40. The number of benzene rings is 1. The van der Waals surface area contributed by atoms with E-state index >= 15 is 0 Å². The predicted molar refractivity (Wildman–Crippen MR) is 72.6 cm³/mol. The second-order valence-electron chi connectivity index (χ2n) is 4.48. The first-order valence-corrected chi connectivity index (χ1v) is 7.89. The van der Waals surface area contributed by atoms with Crippen LogP contribution in [0.15, 0.2) is 23.1 Å². The van der Waals surface area contributed by atoms with Crippen LogP contribution >= 0.6 is 11.6 Å². The molecule has 1 saturated heterocycles. The molecular formula is C12H14ClNO5S. The van der Waals surface area contributed by atoms with E-state index in [1.807, 2.05) is 0 Å². The highest BCUT2D eigenvalue weighted by molar-refractivity contribution is 7.89. The van der Waals surface area contributed by atoms with Crippen molar-refractivity contribution in [2.75, 3.05) is 13.2 Å². The molecule has 0 aliphatic carbocycles. The molecule has 1 aliphatic heterocycles. The van der Waals surface area contributed by atoms with Gasteiger partial charge >= 0.3 is 5.97 Å². The van der Waals surface area contributed by atoms with Gasteiger partial charge in [0.25, 0.3) is 0 Å². The summed E-state index contributed by atoms with van der Waals surface area (Å²) in [5.74, 6) is -1.20. The van der Waals surface area contributed by atoms with E-state index in [0.29, 0.717) is 19.6 Å². The molecule has 0 spiro atoms. The molecule has 0 bridgehead atoms. The highest BCUT2D eigenvalue weighted by Crippen LogP contribution is 2.21. The number of rotatable bonds is 4. The summed E-state index contributed by atoms with van der Waals surface area (Å²) in [6.45, 7) is 0.970. The quantitative estimate of drug-likeness (QED) is 0.877. The smallest absolute Gasteiger partial charge is 0.337 e. The van der Waals surface area contributed by atoms with Crippen LogP contribution in [0.25, 0.3) is 0 Å². The monoisotopic (exact) mass is 319 g/mol. The summed E-state index contributed by atoms with van der Waals surface area (Å²) in [4.78, 5) is 10.8. The molecule has 1 aliphatic rings. The molecule has 20 heavy (non-hydrogen) atoms. The van der Waals surface area contributed by atoms with Gasteiger partial charge in [-0.1, -0.05) is 11.6 Å². The highest BCUT2D eigenvalue weighted by atomic mass is 35.5. The van der Waals surface area contributed by atoms with Gasteiger partial charge in [-0.3, -0.25) is 0 Å². The van der Waals surface area contributed by atoms with Crippen LogP contribution in [0.5, 0.6) is 0 Å². The maximum absolute atomic E-state index is 12.2. The first-order valence-electron chi connectivity index (χ1n) is 6.03. The number of sulfonamides is 1. The van der Waals surface area contributed by atoms with Crippen LogP contribution in [-0.2, 0) is 14.8 Å². The van der Waals surface area contributed by atoms with Crippen LogP contribution in [0.1, 0.15) is 23.2 Å². The molecule has 1 fully saturated rings. The third-order valence-corrected chi connectivity index (χ3v) is 4.79. The number of hydrogen-bond acceptors (Lipinski definition) is 4. The van der Waals surface area contributed by atoms with Crippen LogP contribution in [0, 0.1) is 0 Å². The summed E-state index contributed by atoms with van der Waals surface area (Å²) in [5, 5.41) is 8.74. The first kappa shape index (κ1) is 15.2. The van der Waals surface area contributed by atoms with Crippen LogP contribution in [0.4, 0.5) is 0 Å². The number of aromatic carboxylic acids is 1. The van der Waals surface area contributed by atoms with Gasteiger partial charge in [0.1, 0.15) is 0 Å². The zero-order chi connectivity index (χ0) is 14.8. The second kappa shape index (κ2) is 6.09. The lowest BCUT2D eigenvalue weighted by Gasteiger charge is -2.23. The van der Waals surface area contributed by atoms with Crippen LogP contribution < -0.4 is 4.72 Å². The van der Waals surface area contributed by atoms with Crippen LogP contribution in [0.3, 0.4) is 0 Å². The molecular weight excluding hydrogens is 306 g/mol. The van der Waals surface area contributed by atoms with Crippen molar-refractivity contribution in [2.24, 2.45) is 0 Å². The average Bonchev–Trinajstić information content (AvgIpc) is 2.38. The zero-order valence-corrected chi connectivity index (χ0v) is 12.1. The van der Waals surface area contributed by atoms with Crippen molar-refractivity contribution in [3.8, 4) is 0 Å². The van der Waals surface area contributed by atoms with Gasteiger partial charge in [0, 0.05) is 12.6 Å². The standard InChI is InChI=1S/C12H14ClNO5S/c13-11-6-9(3-4-10(11)12(15)16)20(17,18)14-8-2-1-5-19-7-8/h3-4,6,8,14H,1-2,5,7H2,(H,15,16). The Hall–Kier alpha value is -1.15. The number of halogens is 1. The molecule has 0 aromatic heterocycles. The van der Waals surface area contributed by atoms with E-state index in [1.54, 1.807) is 0 Å². The van der Waals surface area contributed by atoms with E-state index in [4.69, 9.17) is 21.4 Å². The Labute approximate surface area is 121 Å². The van der Waals surface area contributed by atoms with Gasteiger partial charge in [-0.2, -0.15) is 0 Å². The van der Waals surface area contributed by atoms with Crippen molar-refractivity contribution in [1.29, 1.82) is 0 Å². The summed E-state index contributed by atoms with van der Waals surface area (Å²) in [6, 6.07) is 3.27. The molecule has 1 unspecified atom stereocenters. The van der Waals surface area contributed by atoms with Gasteiger partial charge in [-0.05, 0) is 31.0 Å². The lowest BCUT2D eigenvalue weighted by molar-refractivity contribution is 0.0697. The van der Waals surface area contributed by atoms with E-state index in [0.717, 1.165) is 12.5 Å². The Morgan fingerprint density at radius 3 is 2.75 bits per heavy atom. The van der Waals surface area contributed by atoms with E-state index in [2.05, 4.69) is 4.72 Å². The maximum atomic E-state index is 12.2. The minimum atomic E-state index is -3.73. The molecule has 2 rings (SSSR count). The molecule has 0 saturated carbocycles. The number of carbonyl (C=O) groups is 1. The van der Waals surface area contributed by atoms with Crippen molar-refractivity contribution in [3.05, 3.63) is 28.8 Å². The Bertz CT molecular complexity index is 610. The Balaban J connectivity index is 2.20. The topological polar surface area (TPSA) is 92.7 Å². The van der Waals surface area contributed by atoms with Gasteiger partial charge in [0.2, 0.25) is 10.0 Å². The zero-order valence-electron chi connectivity index (χ0n) is 10.5. The summed E-state index contributed by atoms with van der Waals surface area (Å²) in [7, 11) is -3.73. The van der Waals surface area contributed by atoms with E-state index in [9.17, 15) is 13.2 Å². The SMILES string of the molecule is O=C(O)c1ccc(S(=O)(=O)NC2CCCOC2)cc1Cl. The van der Waals surface area contributed by atoms with Gasteiger partial charge in [0.05, 0.1) is 22.1 Å². The Kier molecular flexibility index (Phi) is 4.64. The van der Waals surface area contributed by atoms with Crippen LogP contribution in [0.2, 0.25) is 5.02 Å². The second-order valence-corrected chi connectivity index (χ2v) is 6.60. The normalized spacial score (nSPS) is 19.8. The van der Waals surface area contributed by atoms with Gasteiger partial charge < -0.3 is 9.84 Å². The molecule has 6 nitrogen and oxygen atoms in total. The van der Waals surface area contributed by atoms with Crippen molar-refractivity contribution in [1.82, 2.24) is 4.72 Å². The van der Waals surface area contributed by atoms with E-state index < -0.39 is 16.0 Å². The summed E-state index contributed by atoms with van der Waals surface area (Å²) in [6.07, 6.45) is 1.51. The van der Waals surface area contributed by atoms with Crippen molar-refractivity contribution >= 4 is 27.6 Å². The lowest BCUT2D eigenvalue weighted by atomic mass is 10.1. The van der Waals surface area contributed by atoms with Crippen molar-refractivity contribution in [3.63, 3.8) is 0 Å². The summed E-state index contributed by atoms with van der Waals surface area (Å²) >= 11 is 5.78. The Morgan fingerprint density at radius 2 is 2.20 bits per heavy atom. The fraction of sp³-hybridized carbons (Fsp3) is 0.417. The molecule has 1 aromatic rings. The van der Waals surface area contributed by atoms with Gasteiger partial charge in [-0.15, -0.1) is 0 Å². The maximum Gasteiger partial charge on any atom is 0.337 e. The average molecular weight is 320 g/mol. The molecule has 0 radical (unpaired) electrons. The molecule has 1 aromatic carbocycles. The summed E-state index contributed by atoms with van der Waals surface area (Å²) in [5.41, 5.74) is -0.133. The minimum Gasteiger partial charge on any atom is -0.478 e. The Morgan fingerprint density at radius 1 is 1.45 bits per heavy atom. The van der Waals surface area contributed by atoms with Gasteiger partial charge in [0.15, 0.2) is 0 Å². The molecule has 1 heterocycles. The minimum absolute atomic E-state index is 0.0573. The third kappa shape index (κ3) is 3.49. The van der Waals surface area contributed by atoms with Crippen molar-refractivity contribution in [2.45, 2.75) is 23.8 Å². The fourth-order valence-corrected chi connectivity index (χ4v) is 3.56. The number of carboxylic acid groups (broad SMARTS) is 1.